The molecule has 35 heavy (non-hydrogen) atoms. The normalized spacial score (nSPS) is 11.0. The molecule has 0 saturated heterocycles. The molecular formula is C24H18ClN7O2S. The largest absolute Gasteiger partial charge is 0.494 e. The van der Waals surface area contributed by atoms with Crippen LogP contribution in [-0.4, -0.2) is 42.9 Å². The number of pyridine rings is 3. The fraction of sp³-hybridized carbons (Fsp3) is 0.125. The Morgan fingerprint density at radius 1 is 0.914 bits per heavy atom. The second kappa shape index (κ2) is 9.32. The van der Waals surface area contributed by atoms with Gasteiger partial charge in [-0.05, 0) is 38.1 Å². The average Bonchev–Trinajstić information content (AvgIpc) is 3.25. The van der Waals surface area contributed by atoms with Crippen molar-refractivity contribution in [1.82, 2.24) is 29.9 Å². The van der Waals surface area contributed by atoms with Gasteiger partial charge in [-0.25, -0.2) is 9.97 Å². The highest BCUT2D eigenvalue weighted by atomic mass is 35.5. The van der Waals surface area contributed by atoms with Crippen molar-refractivity contribution in [2.24, 2.45) is 0 Å². The predicted octanol–water partition coefficient (Wildman–Crippen LogP) is 5.14. The summed E-state index contributed by atoms with van der Waals surface area (Å²) in [6.07, 6.45) is 6.32. The number of ether oxygens (including phenoxy) is 1. The zero-order valence-corrected chi connectivity index (χ0v) is 20.5. The number of nitrogens with zero attached hydrogens (tertiary/aromatic N) is 6. The number of aromatic nitrogens is 6. The molecule has 0 aliphatic carbocycles. The molecule has 5 aromatic rings. The zero-order valence-electron chi connectivity index (χ0n) is 18.9. The lowest BCUT2D eigenvalue weighted by Gasteiger charge is -2.13. The van der Waals surface area contributed by atoms with Gasteiger partial charge in [-0.1, -0.05) is 22.9 Å². The molecule has 5 aromatic heterocycles. The van der Waals surface area contributed by atoms with Crippen LogP contribution in [-0.2, 0) is 0 Å². The van der Waals surface area contributed by atoms with Gasteiger partial charge in [0, 0.05) is 34.9 Å². The van der Waals surface area contributed by atoms with Crippen LogP contribution in [0, 0.1) is 13.8 Å². The summed E-state index contributed by atoms with van der Waals surface area (Å²) in [6, 6.07) is 7.23. The van der Waals surface area contributed by atoms with Gasteiger partial charge >= 0.3 is 0 Å². The molecule has 11 heteroatoms. The van der Waals surface area contributed by atoms with Gasteiger partial charge in [-0.15, -0.1) is 0 Å². The third kappa shape index (κ3) is 4.66. The summed E-state index contributed by atoms with van der Waals surface area (Å²) in [5.41, 5.74) is 5.04. The minimum Gasteiger partial charge on any atom is -0.494 e. The Morgan fingerprint density at radius 3 is 2.43 bits per heavy atom. The Bertz CT molecular complexity index is 1570. The number of fused-ring (bicyclic) bond motifs is 1. The van der Waals surface area contributed by atoms with Crippen molar-refractivity contribution in [1.29, 1.82) is 0 Å². The highest BCUT2D eigenvalue weighted by Crippen LogP contribution is 2.33. The first-order valence-electron chi connectivity index (χ1n) is 10.5. The summed E-state index contributed by atoms with van der Waals surface area (Å²) < 4.78 is 5.49. The summed E-state index contributed by atoms with van der Waals surface area (Å²) in [6.45, 7) is 3.75. The zero-order chi connectivity index (χ0) is 24.5. The van der Waals surface area contributed by atoms with E-state index in [9.17, 15) is 4.79 Å². The van der Waals surface area contributed by atoms with Crippen LogP contribution in [0.3, 0.4) is 0 Å². The second-order valence-corrected chi connectivity index (χ2v) is 9.03. The fourth-order valence-electron chi connectivity index (χ4n) is 3.47. The van der Waals surface area contributed by atoms with E-state index in [-0.39, 0.29) is 5.91 Å². The Balaban J connectivity index is 1.48. The van der Waals surface area contributed by atoms with Crippen molar-refractivity contribution in [2.75, 3.05) is 12.4 Å². The molecule has 5 rings (SSSR count). The van der Waals surface area contributed by atoms with E-state index in [2.05, 4.69) is 35.2 Å². The Hall–Kier alpha value is -4.02. The molecule has 1 N–H and O–H groups in total. The topological polar surface area (TPSA) is 116 Å². The molecule has 1 amide bonds. The first-order valence-corrected chi connectivity index (χ1v) is 11.6. The molecule has 0 saturated carbocycles. The molecule has 9 nitrogen and oxygen atoms in total. The van der Waals surface area contributed by atoms with E-state index in [0.29, 0.717) is 48.9 Å². The molecule has 0 aliphatic rings. The average molecular weight is 504 g/mol. The van der Waals surface area contributed by atoms with E-state index in [1.807, 2.05) is 26.0 Å². The molecule has 5 heterocycles. The molecule has 174 valence electrons. The number of hydrogen-bond donors (Lipinski definition) is 1. The molecule has 0 fully saturated rings. The number of carbonyl (C=O) groups excluding carboxylic acids is 1. The van der Waals surface area contributed by atoms with Crippen molar-refractivity contribution >= 4 is 44.5 Å². The van der Waals surface area contributed by atoms with Crippen LogP contribution >= 0.6 is 22.9 Å². The van der Waals surface area contributed by atoms with Crippen molar-refractivity contribution in [2.45, 2.75) is 13.8 Å². The van der Waals surface area contributed by atoms with Crippen LogP contribution in [0.2, 0.25) is 5.02 Å². The number of rotatable bonds is 5. The van der Waals surface area contributed by atoms with Crippen LogP contribution < -0.4 is 10.1 Å². The first-order chi connectivity index (χ1) is 16.9. The highest BCUT2D eigenvalue weighted by molar-refractivity contribution is 7.21. The third-order valence-corrected chi connectivity index (χ3v) is 6.21. The van der Waals surface area contributed by atoms with Crippen molar-refractivity contribution in [3.05, 3.63) is 71.0 Å². The maximum absolute atomic E-state index is 13.3. The van der Waals surface area contributed by atoms with E-state index in [1.165, 1.54) is 11.3 Å². The van der Waals surface area contributed by atoms with Crippen LogP contribution in [0.1, 0.15) is 21.7 Å². The fourth-order valence-corrected chi connectivity index (χ4v) is 4.38. The highest BCUT2D eigenvalue weighted by Gasteiger charge is 2.19. The number of nitrogens with one attached hydrogen (secondary N) is 1. The van der Waals surface area contributed by atoms with Gasteiger partial charge in [0.15, 0.2) is 15.6 Å². The number of anilines is 1. The van der Waals surface area contributed by atoms with Gasteiger partial charge in [0.1, 0.15) is 11.4 Å². The Labute approximate surface area is 209 Å². The maximum Gasteiger partial charge on any atom is 0.259 e. The first kappa shape index (κ1) is 22.8. The number of methoxy groups -OCH3 is 1. The van der Waals surface area contributed by atoms with Crippen molar-refractivity contribution in [3.8, 4) is 28.3 Å². The van der Waals surface area contributed by atoms with Gasteiger partial charge in [-0.3, -0.25) is 25.1 Å². The lowest BCUT2D eigenvalue weighted by atomic mass is 9.99. The van der Waals surface area contributed by atoms with Gasteiger partial charge in [0.25, 0.3) is 5.91 Å². The number of hydrogen-bond acceptors (Lipinski definition) is 9. The molecule has 0 bridgehead atoms. The molecular weight excluding hydrogens is 486 g/mol. The number of halogens is 1. The second-order valence-electron chi connectivity index (χ2n) is 7.62. The summed E-state index contributed by atoms with van der Waals surface area (Å²) >= 11 is 7.14. The van der Waals surface area contributed by atoms with E-state index in [0.717, 1.165) is 17.0 Å². The molecule has 0 aliphatic heterocycles. The predicted molar refractivity (Wildman–Crippen MR) is 135 cm³/mol. The molecule has 0 spiro atoms. The van der Waals surface area contributed by atoms with Gasteiger partial charge in [0.2, 0.25) is 0 Å². The number of carbonyl (C=O) groups is 1. The standard InChI is InChI=1S/C24H18ClN7O2S/c1-12-6-15(16-7-13(2)27-11-20(16)34-3)17(9-26-12)22(33)32-24-31-21-23(35-24)30-19(10-29-21)18-5-4-14(25)8-28-18/h4-11H,1-3H3,(H,29,31,32,33). The van der Waals surface area contributed by atoms with E-state index >= 15 is 0 Å². The molecule has 0 atom stereocenters. The van der Waals surface area contributed by atoms with Crippen LogP contribution in [0.15, 0.2) is 49.1 Å². The molecule has 0 aromatic carbocycles. The van der Waals surface area contributed by atoms with Crippen LogP contribution in [0.4, 0.5) is 5.13 Å². The summed E-state index contributed by atoms with van der Waals surface area (Å²) in [5.74, 6) is 0.203. The van der Waals surface area contributed by atoms with Crippen molar-refractivity contribution in [3.63, 3.8) is 0 Å². The van der Waals surface area contributed by atoms with E-state index < -0.39 is 0 Å². The lowest BCUT2D eigenvalue weighted by molar-refractivity contribution is 0.102. The Morgan fingerprint density at radius 2 is 1.69 bits per heavy atom. The summed E-state index contributed by atoms with van der Waals surface area (Å²) in [4.78, 5) is 40.1. The summed E-state index contributed by atoms with van der Waals surface area (Å²) in [5, 5.41) is 3.76. The smallest absolute Gasteiger partial charge is 0.259 e. The minimum atomic E-state index is -0.359. The number of aryl methyl sites for hydroxylation is 2. The Kier molecular flexibility index (Phi) is 6.06. The monoisotopic (exact) mass is 503 g/mol. The van der Waals surface area contributed by atoms with Gasteiger partial charge in [-0.2, -0.15) is 4.98 Å². The SMILES string of the molecule is COc1cnc(C)cc1-c1cc(C)ncc1C(=O)Nc1nc2ncc(-c3ccc(Cl)cn3)nc2s1. The molecule has 0 unspecified atom stereocenters. The van der Waals surface area contributed by atoms with Gasteiger partial charge in [0.05, 0.1) is 35.8 Å². The quantitative estimate of drug-likeness (QED) is 0.350. The molecule has 0 radical (unpaired) electrons. The number of thiazole rings is 1. The minimum absolute atomic E-state index is 0.359. The van der Waals surface area contributed by atoms with Crippen LogP contribution in [0.25, 0.3) is 33.0 Å². The van der Waals surface area contributed by atoms with Crippen LogP contribution in [0.5, 0.6) is 5.75 Å². The van der Waals surface area contributed by atoms with Crippen molar-refractivity contribution < 1.29 is 9.53 Å². The number of amides is 1. The van der Waals surface area contributed by atoms with Gasteiger partial charge < -0.3 is 4.74 Å². The van der Waals surface area contributed by atoms with E-state index in [1.54, 1.807) is 44.0 Å². The maximum atomic E-state index is 13.3. The third-order valence-electron chi connectivity index (χ3n) is 5.13. The van der Waals surface area contributed by atoms with E-state index in [4.69, 9.17) is 16.3 Å². The lowest BCUT2D eigenvalue weighted by Crippen LogP contribution is -2.14. The summed E-state index contributed by atoms with van der Waals surface area (Å²) in [7, 11) is 1.57.